The zero-order valence-corrected chi connectivity index (χ0v) is 13.2. The van der Waals surface area contributed by atoms with Gasteiger partial charge in [-0.05, 0) is 29.0 Å². The van der Waals surface area contributed by atoms with Gasteiger partial charge in [0, 0.05) is 11.4 Å². The highest BCUT2D eigenvalue weighted by molar-refractivity contribution is 7.10. The maximum absolute atomic E-state index is 12.0. The molecule has 0 bridgehead atoms. The van der Waals surface area contributed by atoms with Gasteiger partial charge in [0.25, 0.3) is 0 Å². The van der Waals surface area contributed by atoms with E-state index in [0.29, 0.717) is 26.4 Å². The Balaban J connectivity index is 1.35. The van der Waals surface area contributed by atoms with Crippen LogP contribution in [0.25, 0.3) is 0 Å². The number of carbonyl (C=O) groups is 1. The standard InChI is InChI=1S/C17H19NO3S/c19-17(18-8-6-15-7-11-22-16(15)12-18)21-10-9-20-13-14-4-2-1-3-5-14/h1-5,7,11H,6,8-10,12-13H2. The minimum Gasteiger partial charge on any atom is -0.447 e. The van der Waals surface area contributed by atoms with Crippen molar-refractivity contribution in [2.45, 2.75) is 19.6 Å². The van der Waals surface area contributed by atoms with Gasteiger partial charge in [-0.25, -0.2) is 4.79 Å². The van der Waals surface area contributed by atoms with Crippen molar-refractivity contribution in [3.05, 3.63) is 57.8 Å². The van der Waals surface area contributed by atoms with Crippen LogP contribution in [0.3, 0.4) is 0 Å². The van der Waals surface area contributed by atoms with Gasteiger partial charge in [0.1, 0.15) is 6.61 Å². The summed E-state index contributed by atoms with van der Waals surface area (Å²) in [6.45, 7) is 2.64. The number of carbonyl (C=O) groups excluding carboxylic acids is 1. The van der Waals surface area contributed by atoms with Crippen LogP contribution >= 0.6 is 11.3 Å². The third kappa shape index (κ3) is 3.87. The highest BCUT2D eigenvalue weighted by atomic mass is 32.1. The van der Waals surface area contributed by atoms with Crippen molar-refractivity contribution in [1.29, 1.82) is 0 Å². The molecule has 0 N–H and O–H groups in total. The zero-order valence-electron chi connectivity index (χ0n) is 12.4. The monoisotopic (exact) mass is 317 g/mol. The second-order valence-electron chi connectivity index (χ2n) is 5.19. The van der Waals surface area contributed by atoms with E-state index in [9.17, 15) is 4.79 Å². The fourth-order valence-corrected chi connectivity index (χ4v) is 3.38. The van der Waals surface area contributed by atoms with E-state index in [1.165, 1.54) is 10.4 Å². The lowest BCUT2D eigenvalue weighted by atomic mass is 10.1. The molecule has 1 aromatic heterocycles. The van der Waals surface area contributed by atoms with Gasteiger partial charge < -0.3 is 14.4 Å². The number of nitrogens with zero attached hydrogens (tertiary/aromatic N) is 1. The fraction of sp³-hybridized carbons (Fsp3) is 0.353. The SMILES string of the molecule is O=C(OCCOCc1ccccc1)N1CCc2ccsc2C1. The Hall–Kier alpha value is -1.85. The van der Waals surface area contributed by atoms with Gasteiger partial charge in [0.2, 0.25) is 0 Å². The predicted octanol–water partition coefficient (Wildman–Crippen LogP) is 3.46. The highest BCUT2D eigenvalue weighted by Crippen LogP contribution is 2.24. The van der Waals surface area contributed by atoms with E-state index in [2.05, 4.69) is 11.4 Å². The number of amides is 1. The summed E-state index contributed by atoms with van der Waals surface area (Å²) in [4.78, 5) is 15.0. The molecule has 0 aliphatic carbocycles. The molecule has 0 spiro atoms. The second-order valence-corrected chi connectivity index (χ2v) is 6.19. The number of thiophene rings is 1. The summed E-state index contributed by atoms with van der Waals surface area (Å²) in [5.41, 5.74) is 2.48. The highest BCUT2D eigenvalue weighted by Gasteiger charge is 2.22. The molecule has 22 heavy (non-hydrogen) atoms. The summed E-state index contributed by atoms with van der Waals surface area (Å²) in [5.74, 6) is 0. The first kappa shape index (κ1) is 15.1. The van der Waals surface area contributed by atoms with Crippen molar-refractivity contribution in [2.75, 3.05) is 19.8 Å². The van der Waals surface area contributed by atoms with Gasteiger partial charge in [-0.15, -0.1) is 11.3 Å². The third-order valence-corrected chi connectivity index (χ3v) is 4.59. The molecule has 2 heterocycles. The topological polar surface area (TPSA) is 38.8 Å². The molecule has 4 nitrogen and oxygen atoms in total. The number of hydrogen-bond donors (Lipinski definition) is 0. The van der Waals surface area contributed by atoms with Crippen molar-refractivity contribution in [3.8, 4) is 0 Å². The van der Waals surface area contributed by atoms with Crippen molar-refractivity contribution < 1.29 is 14.3 Å². The van der Waals surface area contributed by atoms with Crippen LogP contribution in [0.2, 0.25) is 0 Å². The third-order valence-electron chi connectivity index (χ3n) is 3.65. The van der Waals surface area contributed by atoms with Crippen LogP contribution in [0.4, 0.5) is 4.79 Å². The molecule has 1 aliphatic heterocycles. The quantitative estimate of drug-likeness (QED) is 0.793. The minimum absolute atomic E-state index is 0.248. The summed E-state index contributed by atoms with van der Waals surface area (Å²) < 4.78 is 10.8. The molecule has 0 unspecified atom stereocenters. The molecule has 1 aromatic carbocycles. The van der Waals surface area contributed by atoms with E-state index in [0.717, 1.165) is 18.5 Å². The van der Waals surface area contributed by atoms with Crippen LogP contribution in [-0.4, -0.2) is 30.8 Å². The molecular formula is C17H19NO3S. The van der Waals surface area contributed by atoms with Crippen molar-refractivity contribution in [3.63, 3.8) is 0 Å². The predicted molar refractivity (Wildman–Crippen MR) is 85.9 cm³/mol. The molecule has 2 aromatic rings. The Morgan fingerprint density at radius 1 is 1.18 bits per heavy atom. The summed E-state index contributed by atoms with van der Waals surface area (Å²) in [7, 11) is 0. The lowest BCUT2D eigenvalue weighted by Gasteiger charge is -2.26. The smallest absolute Gasteiger partial charge is 0.410 e. The second kappa shape index (κ2) is 7.42. The fourth-order valence-electron chi connectivity index (χ4n) is 2.44. The van der Waals surface area contributed by atoms with E-state index in [4.69, 9.17) is 9.47 Å². The average Bonchev–Trinajstić information content (AvgIpc) is 3.03. The molecule has 0 saturated carbocycles. The van der Waals surface area contributed by atoms with Gasteiger partial charge in [0.05, 0.1) is 19.8 Å². The summed E-state index contributed by atoms with van der Waals surface area (Å²) in [5, 5.41) is 2.08. The maximum atomic E-state index is 12.0. The first-order chi connectivity index (χ1) is 10.8. The minimum atomic E-state index is -0.248. The van der Waals surface area contributed by atoms with Gasteiger partial charge in [-0.1, -0.05) is 30.3 Å². The van der Waals surface area contributed by atoms with Crippen LogP contribution in [0.1, 0.15) is 16.0 Å². The Bertz CT molecular complexity index is 611. The molecule has 0 radical (unpaired) electrons. The maximum Gasteiger partial charge on any atom is 0.410 e. The van der Waals surface area contributed by atoms with E-state index >= 15 is 0 Å². The Kier molecular flexibility index (Phi) is 5.08. The van der Waals surface area contributed by atoms with Crippen LogP contribution in [0, 0.1) is 0 Å². The number of fused-ring (bicyclic) bond motifs is 1. The van der Waals surface area contributed by atoms with E-state index in [-0.39, 0.29) is 6.09 Å². The first-order valence-electron chi connectivity index (χ1n) is 7.41. The van der Waals surface area contributed by atoms with Gasteiger partial charge in [-0.3, -0.25) is 0 Å². The molecule has 1 aliphatic rings. The summed E-state index contributed by atoms with van der Waals surface area (Å²) in [6.07, 6.45) is 0.667. The van der Waals surface area contributed by atoms with Crippen LogP contribution in [0.15, 0.2) is 41.8 Å². The average molecular weight is 317 g/mol. The van der Waals surface area contributed by atoms with E-state index in [1.807, 2.05) is 30.3 Å². The molecule has 0 fully saturated rings. The van der Waals surface area contributed by atoms with E-state index in [1.54, 1.807) is 16.2 Å². The molecule has 3 rings (SSSR count). The Morgan fingerprint density at radius 3 is 2.91 bits per heavy atom. The molecule has 0 atom stereocenters. The number of rotatable bonds is 5. The number of hydrogen-bond acceptors (Lipinski definition) is 4. The van der Waals surface area contributed by atoms with E-state index < -0.39 is 0 Å². The first-order valence-corrected chi connectivity index (χ1v) is 8.29. The van der Waals surface area contributed by atoms with Crippen LogP contribution in [0.5, 0.6) is 0 Å². The normalized spacial score (nSPS) is 13.7. The molecular weight excluding hydrogens is 298 g/mol. The van der Waals surface area contributed by atoms with Gasteiger partial charge >= 0.3 is 6.09 Å². The number of ether oxygens (including phenoxy) is 2. The lowest BCUT2D eigenvalue weighted by Crippen LogP contribution is -2.36. The zero-order chi connectivity index (χ0) is 15.2. The largest absolute Gasteiger partial charge is 0.447 e. The van der Waals surface area contributed by atoms with Crippen LogP contribution in [-0.2, 0) is 29.0 Å². The van der Waals surface area contributed by atoms with Gasteiger partial charge in [0.15, 0.2) is 0 Å². The van der Waals surface area contributed by atoms with Crippen LogP contribution < -0.4 is 0 Å². The summed E-state index contributed by atoms with van der Waals surface area (Å²) in [6, 6.07) is 12.1. The van der Waals surface area contributed by atoms with Crippen molar-refractivity contribution in [2.24, 2.45) is 0 Å². The van der Waals surface area contributed by atoms with Gasteiger partial charge in [-0.2, -0.15) is 0 Å². The molecule has 0 saturated heterocycles. The Labute approximate surface area is 134 Å². The number of benzene rings is 1. The molecule has 5 heteroatoms. The lowest BCUT2D eigenvalue weighted by molar-refractivity contribution is 0.0472. The molecule has 116 valence electrons. The van der Waals surface area contributed by atoms with Crippen molar-refractivity contribution >= 4 is 17.4 Å². The molecule has 1 amide bonds. The van der Waals surface area contributed by atoms with Crippen molar-refractivity contribution in [1.82, 2.24) is 4.90 Å². The Morgan fingerprint density at radius 2 is 2.05 bits per heavy atom. The summed E-state index contributed by atoms with van der Waals surface area (Å²) >= 11 is 1.70.